The molecule has 2 heterocycles. The van der Waals surface area contributed by atoms with Crippen LogP contribution < -0.4 is 10.2 Å². The number of carbonyl (C=O) groups excluding carboxylic acids is 1. The number of rotatable bonds is 4. The number of aromatic nitrogens is 2. The van der Waals surface area contributed by atoms with Crippen molar-refractivity contribution < 1.29 is 4.79 Å². The van der Waals surface area contributed by atoms with Crippen LogP contribution in [0.25, 0.3) is 0 Å². The molecule has 0 bridgehead atoms. The molecule has 1 atom stereocenters. The molecule has 2 aromatic heterocycles. The summed E-state index contributed by atoms with van der Waals surface area (Å²) in [5, 5.41) is 2.84. The van der Waals surface area contributed by atoms with Gasteiger partial charge in [0.1, 0.15) is 5.82 Å². The van der Waals surface area contributed by atoms with Crippen LogP contribution in [0.4, 0.5) is 16.3 Å². The Morgan fingerprint density at radius 3 is 2.50 bits per heavy atom. The van der Waals surface area contributed by atoms with Crippen molar-refractivity contribution in [1.29, 1.82) is 0 Å². The van der Waals surface area contributed by atoms with E-state index in [1.54, 1.807) is 30.5 Å². The number of pyridine rings is 2. The lowest BCUT2D eigenvalue weighted by atomic mass is 10.1. The summed E-state index contributed by atoms with van der Waals surface area (Å²) in [5.74, 6) is 0.843. The minimum atomic E-state index is -0.184. The molecule has 0 aliphatic rings. The maximum Gasteiger partial charge on any atom is 0.322 e. The first-order valence-electron chi connectivity index (χ1n) is 7.06. The average molecular weight is 299 g/mol. The summed E-state index contributed by atoms with van der Waals surface area (Å²) in [4.78, 5) is 24.2. The molecule has 0 aliphatic heterocycles. The highest BCUT2D eigenvalue weighted by atomic mass is 16.2. The van der Waals surface area contributed by atoms with Crippen LogP contribution in [0.3, 0.4) is 0 Å². The van der Waals surface area contributed by atoms with E-state index >= 15 is 0 Å². The summed E-state index contributed by atoms with van der Waals surface area (Å²) in [7, 11) is 5.60. The van der Waals surface area contributed by atoms with E-state index in [4.69, 9.17) is 0 Å². The van der Waals surface area contributed by atoms with Gasteiger partial charge in [-0.05, 0) is 30.7 Å². The first-order chi connectivity index (χ1) is 10.5. The number of amides is 2. The van der Waals surface area contributed by atoms with Crippen LogP contribution in [-0.2, 0) is 0 Å². The molecule has 0 aromatic carbocycles. The Hall–Kier alpha value is -2.63. The van der Waals surface area contributed by atoms with Gasteiger partial charge >= 0.3 is 6.03 Å². The number of hydrogen-bond donors (Lipinski definition) is 1. The highest BCUT2D eigenvalue weighted by Gasteiger charge is 2.17. The summed E-state index contributed by atoms with van der Waals surface area (Å²) in [5.41, 5.74) is 1.65. The van der Waals surface area contributed by atoms with Gasteiger partial charge in [0.05, 0.1) is 17.9 Å². The lowest BCUT2D eigenvalue weighted by Crippen LogP contribution is -2.33. The highest BCUT2D eigenvalue weighted by Crippen LogP contribution is 2.19. The molecule has 0 saturated carbocycles. The second kappa shape index (κ2) is 6.89. The van der Waals surface area contributed by atoms with Crippen LogP contribution in [0.15, 0.2) is 42.9 Å². The number of hydrogen-bond acceptors (Lipinski definition) is 4. The van der Waals surface area contributed by atoms with Crippen molar-refractivity contribution in [3.63, 3.8) is 0 Å². The second-order valence-electron chi connectivity index (χ2n) is 5.30. The normalized spacial score (nSPS) is 11.6. The maximum absolute atomic E-state index is 12.3. The van der Waals surface area contributed by atoms with E-state index in [-0.39, 0.29) is 12.1 Å². The summed E-state index contributed by atoms with van der Waals surface area (Å²) >= 11 is 0. The van der Waals surface area contributed by atoms with Gasteiger partial charge in [0.15, 0.2) is 0 Å². The summed E-state index contributed by atoms with van der Waals surface area (Å²) < 4.78 is 0. The fourth-order valence-corrected chi connectivity index (χ4v) is 1.96. The average Bonchev–Trinajstić information content (AvgIpc) is 2.54. The molecule has 0 spiro atoms. The molecule has 0 radical (unpaired) electrons. The number of carbonyl (C=O) groups is 1. The lowest BCUT2D eigenvalue weighted by Gasteiger charge is -2.25. The predicted octanol–water partition coefficient (Wildman–Crippen LogP) is 2.77. The Kier molecular flexibility index (Phi) is 4.93. The van der Waals surface area contributed by atoms with E-state index in [2.05, 4.69) is 15.3 Å². The monoisotopic (exact) mass is 299 g/mol. The predicted molar refractivity (Wildman–Crippen MR) is 88.0 cm³/mol. The quantitative estimate of drug-likeness (QED) is 0.943. The molecule has 0 aliphatic carbocycles. The van der Waals surface area contributed by atoms with Crippen LogP contribution in [0.1, 0.15) is 18.5 Å². The Balaban J connectivity index is 2.02. The van der Waals surface area contributed by atoms with E-state index in [0.717, 1.165) is 11.4 Å². The number of nitrogens with zero attached hydrogens (tertiary/aromatic N) is 4. The van der Waals surface area contributed by atoms with Crippen LogP contribution >= 0.6 is 0 Å². The van der Waals surface area contributed by atoms with Gasteiger partial charge in [0, 0.05) is 33.5 Å². The molecule has 116 valence electrons. The largest absolute Gasteiger partial charge is 0.363 e. The van der Waals surface area contributed by atoms with Crippen molar-refractivity contribution in [3.05, 3.63) is 48.4 Å². The smallest absolute Gasteiger partial charge is 0.322 e. The molecule has 2 aromatic rings. The van der Waals surface area contributed by atoms with Gasteiger partial charge in [0.2, 0.25) is 0 Å². The third-order valence-electron chi connectivity index (χ3n) is 3.53. The zero-order chi connectivity index (χ0) is 16.1. The Morgan fingerprint density at radius 2 is 1.95 bits per heavy atom. The van der Waals surface area contributed by atoms with Gasteiger partial charge in [-0.2, -0.15) is 0 Å². The molecule has 6 nitrogen and oxygen atoms in total. The first-order valence-corrected chi connectivity index (χ1v) is 7.06. The molecule has 1 unspecified atom stereocenters. The molecule has 22 heavy (non-hydrogen) atoms. The minimum Gasteiger partial charge on any atom is -0.363 e. The standard InChI is InChI=1S/C16H21N5O/c1-12(13-6-5-9-17-10-13)21(4)16(22)19-14-7-8-15(18-11-14)20(2)3/h5-12H,1-4H3,(H,19,22). The Morgan fingerprint density at radius 1 is 1.18 bits per heavy atom. The third-order valence-corrected chi connectivity index (χ3v) is 3.53. The maximum atomic E-state index is 12.3. The van der Waals surface area contributed by atoms with Gasteiger partial charge in [0.25, 0.3) is 0 Å². The van der Waals surface area contributed by atoms with Crippen molar-refractivity contribution in [1.82, 2.24) is 14.9 Å². The van der Waals surface area contributed by atoms with Gasteiger partial charge in [-0.25, -0.2) is 9.78 Å². The number of nitrogens with one attached hydrogen (secondary N) is 1. The molecular weight excluding hydrogens is 278 g/mol. The molecule has 1 N–H and O–H groups in total. The van der Waals surface area contributed by atoms with Crippen molar-refractivity contribution in [2.75, 3.05) is 31.4 Å². The van der Waals surface area contributed by atoms with Crippen LogP contribution in [0.5, 0.6) is 0 Å². The summed E-state index contributed by atoms with van der Waals surface area (Å²) in [6, 6.07) is 7.26. The number of urea groups is 1. The zero-order valence-electron chi connectivity index (χ0n) is 13.3. The molecule has 6 heteroatoms. The summed E-state index contributed by atoms with van der Waals surface area (Å²) in [6.45, 7) is 1.96. The zero-order valence-corrected chi connectivity index (χ0v) is 13.3. The van der Waals surface area contributed by atoms with E-state index in [0.29, 0.717) is 5.69 Å². The minimum absolute atomic E-state index is 0.0669. The fraction of sp³-hybridized carbons (Fsp3) is 0.312. The molecular formula is C16H21N5O. The SMILES string of the molecule is CC(c1cccnc1)N(C)C(=O)Nc1ccc(N(C)C)nc1. The molecule has 0 fully saturated rings. The first kappa shape index (κ1) is 15.8. The van der Waals surface area contributed by atoms with Gasteiger partial charge in [-0.3, -0.25) is 4.98 Å². The fourth-order valence-electron chi connectivity index (χ4n) is 1.96. The van der Waals surface area contributed by atoms with E-state index in [9.17, 15) is 4.79 Å². The second-order valence-corrected chi connectivity index (χ2v) is 5.30. The Labute approximate surface area is 130 Å². The summed E-state index contributed by atoms with van der Waals surface area (Å²) in [6.07, 6.45) is 5.13. The van der Waals surface area contributed by atoms with Gasteiger partial charge < -0.3 is 15.1 Å². The van der Waals surface area contributed by atoms with Gasteiger partial charge in [-0.1, -0.05) is 6.07 Å². The van der Waals surface area contributed by atoms with Gasteiger partial charge in [-0.15, -0.1) is 0 Å². The molecule has 0 saturated heterocycles. The van der Waals surface area contributed by atoms with Crippen molar-refractivity contribution in [2.24, 2.45) is 0 Å². The highest BCUT2D eigenvalue weighted by molar-refractivity contribution is 5.89. The van der Waals surface area contributed by atoms with E-state index in [1.165, 1.54) is 0 Å². The third kappa shape index (κ3) is 3.72. The lowest BCUT2D eigenvalue weighted by molar-refractivity contribution is 0.208. The topological polar surface area (TPSA) is 61.4 Å². The van der Waals surface area contributed by atoms with E-state index < -0.39 is 0 Å². The van der Waals surface area contributed by atoms with Crippen molar-refractivity contribution >= 4 is 17.5 Å². The van der Waals surface area contributed by atoms with E-state index in [1.807, 2.05) is 50.2 Å². The van der Waals surface area contributed by atoms with Crippen molar-refractivity contribution in [3.8, 4) is 0 Å². The van der Waals surface area contributed by atoms with Crippen LogP contribution in [0, 0.1) is 0 Å². The molecule has 2 rings (SSSR count). The van der Waals surface area contributed by atoms with Crippen LogP contribution in [0.2, 0.25) is 0 Å². The Bertz CT molecular complexity index is 612. The number of anilines is 2. The molecule has 2 amide bonds. The van der Waals surface area contributed by atoms with Crippen LogP contribution in [-0.4, -0.2) is 42.0 Å². The van der Waals surface area contributed by atoms with Crippen molar-refractivity contribution in [2.45, 2.75) is 13.0 Å².